The Morgan fingerprint density at radius 3 is 2.45 bits per heavy atom. The summed E-state index contributed by atoms with van der Waals surface area (Å²) in [5, 5.41) is 2.83. The highest BCUT2D eigenvalue weighted by atomic mass is 16.4. The molecule has 20 heavy (non-hydrogen) atoms. The standard InChI is InChI=1S/C16H20N2O2/c1-11(2)13-5-3-12(4-6-13)10-18-16(19)15-8-7-14(9-17)20-15/h3-8,11H,9-10,17H2,1-2H3,(H,18,19). The maximum Gasteiger partial charge on any atom is 0.287 e. The number of carbonyl (C=O) groups is 1. The summed E-state index contributed by atoms with van der Waals surface area (Å²) in [5.41, 5.74) is 7.80. The third kappa shape index (κ3) is 3.48. The van der Waals surface area contributed by atoms with Crippen LogP contribution in [0.1, 0.15) is 47.2 Å². The Bertz CT molecular complexity index is 570. The zero-order valence-corrected chi connectivity index (χ0v) is 11.8. The van der Waals surface area contributed by atoms with E-state index in [4.69, 9.17) is 10.2 Å². The van der Waals surface area contributed by atoms with Crippen molar-refractivity contribution in [3.05, 3.63) is 59.0 Å². The third-order valence-corrected chi connectivity index (χ3v) is 3.19. The lowest BCUT2D eigenvalue weighted by Gasteiger charge is -2.07. The molecule has 1 aromatic carbocycles. The molecule has 0 aliphatic carbocycles. The third-order valence-electron chi connectivity index (χ3n) is 3.19. The molecule has 0 radical (unpaired) electrons. The molecule has 4 nitrogen and oxygen atoms in total. The lowest BCUT2D eigenvalue weighted by molar-refractivity contribution is 0.0921. The average Bonchev–Trinajstić information content (AvgIpc) is 2.94. The number of amides is 1. The van der Waals surface area contributed by atoms with Crippen LogP contribution in [0.5, 0.6) is 0 Å². The van der Waals surface area contributed by atoms with Gasteiger partial charge in [0.25, 0.3) is 5.91 Å². The quantitative estimate of drug-likeness (QED) is 0.879. The molecule has 0 fully saturated rings. The smallest absolute Gasteiger partial charge is 0.287 e. The van der Waals surface area contributed by atoms with Gasteiger partial charge < -0.3 is 15.5 Å². The van der Waals surface area contributed by atoms with Gasteiger partial charge in [0.2, 0.25) is 0 Å². The fourth-order valence-corrected chi connectivity index (χ4v) is 1.90. The van der Waals surface area contributed by atoms with Crippen molar-refractivity contribution in [3.63, 3.8) is 0 Å². The molecule has 0 atom stereocenters. The first-order valence-electron chi connectivity index (χ1n) is 6.76. The van der Waals surface area contributed by atoms with Crippen molar-refractivity contribution in [2.75, 3.05) is 0 Å². The maximum absolute atomic E-state index is 11.9. The van der Waals surface area contributed by atoms with Crippen molar-refractivity contribution in [3.8, 4) is 0 Å². The van der Waals surface area contributed by atoms with Gasteiger partial charge in [-0.05, 0) is 29.2 Å². The molecule has 2 aromatic rings. The highest BCUT2D eigenvalue weighted by Crippen LogP contribution is 2.14. The molecule has 0 unspecified atom stereocenters. The van der Waals surface area contributed by atoms with Gasteiger partial charge in [-0.15, -0.1) is 0 Å². The Kier molecular flexibility index (Phi) is 4.58. The summed E-state index contributed by atoms with van der Waals surface area (Å²) in [6.45, 7) is 5.09. The summed E-state index contributed by atoms with van der Waals surface area (Å²) in [5.74, 6) is 1.19. The summed E-state index contributed by atoms with van der Waals surface area (Å²) in [6.07, 6.45) is 0. The number of nitrogens with two attached hydrogens (primary N) is 1. The minimum absolute atomic E-state index is 0.224. The fourth-order valence-electron chi connectivity index (χ4n) is 1.90. The number of rotatable bonds is 5. The van der Waals surface area contributed by atoms with Crippen molar-refractivity contribution in [1.29, 1.82) is 0 Å². The first-order valence-corrected chi connectivity index (χ1v) is 6.76. The predicted octanol–water partition coefficient (Wildman–Crippen LogP) is 2.79. The highest BCUT2D eigenvalue weighted by molar-refractivity contribution is 5.91. The summed E-state index contributed by atoms with van der Waals surface area (Å²) in [6, 6.07) is 11.6. The lowest BCUT2D eigenvalue weighted by atomic mass is 10.0. The van der Waals surface area contributed by atoms with Gasteiger partial charge >= 0.3 is 0 Å². The van der Waals surface area contributed by atoms with E-state index < -0.39 is 0 Å². The Morgan fingerprint density at radius 1 is 1.20 bits per heavy atom. The Balaban J connectivity index is 1.92. The second-order valence-corrected chi connectivity index (χ2v) is 5.05. The maximum atomic E-state index is 11.9. The van der Waals surface area contributed by atoms with E-state index in [0.29, 0.717) is 30.5 Å². The average molecular weight is 272 g/mol. The van der Waals surface area contributed by atoms with E-state index in [0.717, 1.165) is 5.56 Å². The fraction of sp³-hybridized carbons (Fsp3) is 0.312. The van der Waals surface area contributed by atoms with Crippen LogP contribution in [0.15, 0.2) is 40.8 Å². The minimum Gasteiger partial charge on any atom is -0.455 e. The van der Waals surface area contributed by atoms with E-state index in [1.807, 2.05) is 12.1 Å². The Labute approximate surface area is 119 Å². The number of hydrogen-bond acceptors (Lipinski definition) is 3. The molecule has 2 rings (SSSR count). The van der Waals surface area contributed by atoms with Gasteiger partial charge in [-0.25, -0.2) is 0 Å². The van der Waals surface area contributed by atoms with Gasteiger partial charge in [-0.2, -0.15) is 0 Å². The molecule has 1 aromatic heterocycles. The van der Waals surface area contributed by atoms with Crippen LogP contribution in [0.25, 0.3) is 0 Å². The summed E-state index contributed by atoms with van der Waals surface area (Å²) in [4.78, 5) is 11.9. The van der Waals surface area contributed by atoms with Crippen LogP contribution in [0.4, 0.5) is 0 Å². The minimum atomic E-state index is -0.224. The van der Waals surface area contributed by atoms with E-state index in [9.17, 15) is 4.79 Å². The van der Waals surface area contributed by atoms with E-state index >= 15 is 0 Å². The lowest BCUT2D eigenvalue weighted by Crippen LogP contribution is -2.22. The van der Waals surface area contributed by atoms with Gasteiger partial charge in [0, 0.05) is 6.54 Å². The molecule has 0 aliphatic rings. The molecule has 0 saturated heterocycles. The SMILES string of the molecule is CC(C)c1ccc(CNC(=O)c2ccc(CN)o2)cc1. The first-order chi connectivity index (χ1) is 9.60. The number of hydrogen-bond donors (Lipinski definition) is 2. The first kappa shape index (κ1) is 14.3. The van der Waals surface area contributed by atoms with E-state index in [1.54, 1.807) is 12.1 Å². The van der Waals surface area contributed by atoms with Gasteiger partial charge in [-0.3, -0.25) is 4.79 Å². The topological polar surface area (TPSA) is 68.3 Å². The van der Waals surface area contributed by atoms with Crippen LogP contribution >= 0.6 is 0 Å². The van der Waals surface area contributed by atoms with Crippen LogP contribution in [-0.2, 0) is 13.1 Å². The van der Waals surface area contributed by atoms with Crippen molar-refractivity contribution in [1.82, 2.24) is 5.32 Å². The number of furan rings is 1. The van der Waals surface area contributed by atoms with Crippen LogP contribution in [-0.4, -0.2) is 5.91 Å². The predicted molar refractivity (Wildman–Crippen MR) is 78.3 cm³/mol. The Hall–Kier alpha value is -2.07. The van der Waals surface area contributed by atoms with Crippen LogP contribution in [0, 0.1) is 0 Å². The molecule has 0 aliphatic heterocycles. The van der Waals surface area contributed by atoms with E-state index in [1.165, 1.54) is 5.56 Å². The zero-order valence-electron chi connectivity index (χ0n) is 11.8. The van der Waals surface area contributed by atoms with Crippen molar-refractivity contribution < 1.29 is 9.21 Å². The number of carbonyl (C=O) groups excluding carboxylic acids is 1. The summed E-state index contributed by atoms with van der Waals surface area (Å²) >= 11 is 0. The number of nitrogens with one attached hydrogen (secondary N) is 1. The molecule has 1 amide bonds. The molecule has 106 valence electrons. The van der Waals surface area contributed by atoms with Gasteiger partial charge in [0.15, 0.2) is 5.76 Å². The second kappa shape index (κ2) is 6.39. The highest BCUT2D eigenvalue weighted by Gasteiger charge is 2.10. The molecule has 0 saturated carbocycles. The molecular formula is C16H20N2O2. The van der Waals surface area contributed by atoms with Gasteiger partial charge in [0.1, 0.15) is 5.76 Å². The second-order valence-electron chi connectivity index (χ2n) is 5.05. The summed E-state index contributed by atoms with van der Waals surface area (Å²) in [7, 11) is 0. The van der Waals surface area contributed by atoms with Crippen molar-refractivity contribution in [2.45, 2.75) is 32.9 Å². The Morgan fingerprint density at radius 2 is 1.90 bits per heavy atom. The molecule has 4 heteroatoms. The van der Waals surface area contributed by atoms with Gasteiger partial charge in [-0.1, -0.05) is 38.1 Å². The summed E-state index contributed by atoms with van der Waals surface area (Å²) < 4.78 is 5.30. The zero-order chi connectivity index (χ0) is 14.5. The van der Waals surface area contributed by atoms with E-state index in [2.05, 4.69) is 31.3 Å². The molecule has 0 bridgehead atoms. The van der Waals surface area contributed by atoms with Crippen LogP contribution in [0.2, 0.25) is 0 Å². The normalized spacial score (nSPS) is 10.8. The largest absolute Gasteiger partial charge is 0.455 e. The van der Waals surface area contributed by atoms with Crippen molar-refractivity contribution >= 4 is 5.91 Å². The van der Waals surface area contributed by atoms with Gasteiger partial charge in [0.05, 0.1) is 6.54 Å². The van der Waals surface area contributed by atoms with E-state index in [-0.39, 0.29) is 5.91 Å². The molecule has 1 heterocycles. The van der Waals surface area contributed by atoms with Crippen LogP contribution < -0.4 is 11.1 Å². The molecular weight excluding hydrogens is 252 g/mol. The number of benzene rings is 1. The molecule has 0 spiro atoms. The molecule has 3 N–H and O–H groups in total. The van der Waals surface area contributed by atoms with Crippen LogP contribution in [0.3, 0.4) is 0 Å². The van der Waals surface area contributed by atoms with Crippen molar-refractivity contribution in [2.24, 2.45) is 5.73 Å². The monoisotopic (exact) mass is 272 g/mol.